The first-order valence-electron chi connectivity index (χ1n) is 7.24. The van der Waals surface area contributed by atoms with E-state index in [1.807, 2.05) is 24.0 Å². The standard InChI is InChI=1S/C16H20ClNO2/c1-3-20-15(19)18-9-13-11-5-4-6-14(17)12(11)7-8-16(13,2)10-18/h4-6,13H,3,7-10H2,1-2H3/t13-,16-/m1/s1. The van der Waals surface area contributed by atoms with Gasteiger partial charge >= 0.3 is 6.09 Å². The van der Waals surface area contributed by atoms with Crippen molar-refractivity contribution < 1.29 is 9.53 Å². The Morgan fingerprint density at radius 2 is 2.35 bits per heavy atom. The van der Waals surface area contributed by atoms with Gasteiger partial charge in [0.25, 0.3) is 0 Å². The number of ether oxygens (including phenoxy) is 1. The largest absolute Gasteiger partial charge is 0.450 e. The number of fused-ring (bicyclic) bond motifs is 3. The molecule has 1 aromatic rings. The van der Waals surface area contributed by atoms with Crippen LogP contribution in [0.3, 0.4) is 0 Å². The van der Waals surface area contributed by atoms with Crippen LogP contribution in [0.2, 0.25) is 5.02 Å². The van der Waals surface area contributed by atoms with Crippen molar-refractivity contribution in [2.45, 2.75) is 32.6 Å². The second-order valence-electron chi connectivity index (χ2n) is 6.09. The summed E-state index contributed by atoms with van der Waals surface area (Å²) in [6.45, 7) is 6.07. The summed E-state index contributed by atoms with van der Waals surface area (Å²) >= 11 is 6.32. The Bertz CT molecular complexity index is 545. The van der Waals surface area contributed by atoms with Crippen LogP contribution in [0.5, 0.6) is 0 Å². The predicted molar refractivity (Wildman–Crippen MR) is 79.2 cm³/mol. The number of benzene rings is 1. The Morgan fingerprint density at radius 1 is 1.55 bits per heavy atom. The molecule has 0 unspecified atom stereocenters. The monoisotopic (exact) mass is 293 g/mol. The minimum atomic E-state index is -0.188. The molecule has 4 heteroatoms. The molecule has 0 saturated carbocycles. The molecule has 20 heavy (non-hydrogen) atoms. The summed E-state index contributed by atoms with van der Waals surface area (Å²) in [6.07, 6.45) is 1.88. The number of likely N-dealkylation sites (tertiary alicyclic amines) is 1. The summed E-state index contributed by atoms with van der Waals surface area (Å²) in [6, 6.07) is 6.14. The van der Waals surface area contributed by atoms with E-state index in [-0.39, 0.29) is 11.5 Å². The summed E-state index contributed by atoms with van der Waals surface area (Å²) in [5.41, 5.74) is 2.73. The molecule has 2 atom stereocenters. The molecule has 1 aliphatic carbocycles. The van der Waals surface area contributed by atoms with E-state index in [9.17, 15) is 4.79 Å². The molecule has 1 heterocycles. The molecule has 0 aromatic heterocycles. The first kappa shape index (κ1) is 13.7. The Hall–Kier alpha value is -1.22. The molecule has 1 saturated heterocycles. The predicted octanol–water partition coefficient (Wildman–Crippen LogP) is 3.85. The zero-order chi connectivity index (χ0) is 14.3. The number of carbonyl (C=O) groups is 1. The average Bonchev–Trinajstić information content (AvgIpc) is 2.77. The molecule has 1 amide bonds. The topological polar surface area (TPSA) is 29.5 Å². The molecule has 0 N–H and O–H groups in total. The zero-order valence-corrected chi connectivity index (χ0v) is 12.7. The summed E-state index contributed by atoms with van der Waals surface area (Å²) in [4.78, 5) is 13.8. The van der Waals surface area contributed by atoms with Crippen molar-refractivity contribution in [1.29, 1.82) is 0 Å². The van der Waals surface area contributed by atoms with Crippen molar-refractivity contribution in [3.05, 3.63) is 34.3 Å². The maximum atomic E-state index is 12.0. The van der Waals surface area contributed by atoms with Gasteiger partial charge in [-0.15, -0.1) is 0 Å². The van der Waals surface area contributed by atoms with Crippen molar-refractivity contribution in [1.82, 2.24) is 4.90 Å². The Labute approximate surface area is 124 Å². The highest BCUT2D eigenvalue weighted by molar-refractivity contribution is 6.31. The first-order chi connectivity index (χ1) is 9.55. The van der Waals surface area contributed by atoms with Gasteiger partial charge < -0.3 is 9.64 Å². The van der Waals surface area contributed by atoms with E-state index in [1.165, 1.54) is 11.1 Å². The smallest absolute Gasteiger partial charge is 0.409 e. The summed E-state index contributed by atoms with van der Waals surface area (Å²) in [7, 11) is 0. The number of nitrogens with zero attached hydrogens (tertiary/aromatic N) is 1. The third-order valence-electron chi connectivity index (χ3n) is 4.80. The summed E-state index contributed by atoms with van der Waals surface area (Å²) in [5, 5.41) is 0.860. The Kier molecular flexibility index (Phi) is 3.41. The molecule has 3 rings (SSSR count). The van der Waals surface area contributed by atoms with Gasteiger partial charge in [0.15, 0.2) is 0 Å². The normalized spacial score (nSPS) is 27.9. The molecule has 1 aromatic carbocycles. The van der Waals surface area contributed by atoms with Crippen LogP contribution in [0.4, 0.5) is 4.79 Å². The number of hydrogen-bond donors (Lipinski definition) is 0. The van der Waals surface area contributed by atoms with Crippen LogP contribution in [0.25, 0.3) is 0 Å². The molecule has 0 radical (unpaired) electrons. The highest BCUT2D eigenvalue weighted by Crippen LogP contribution is 2.51. The second-order valence-corrected chi connectivity index (χ2v) is 6.50. The lowest BCUT2D eigenvalue weighted by Gasteiger charge is -2.36. The minimum absolute atomic E-state index is 0.143. The highest BCUT2D eigenvalue weighted by atomic mass is 35.5. The van der Waals surface area contributed by atoms with Crippen molar-refractivity contribution in [3.8, 4) is 0 Å². The van der Waals surface area contributed by atoms with E-state index in [0.717, 1.165) is 31.0 Å². The van der Waals surface area contributed by atoms with Gasteiger partial charge in [0, 0.05) is 24.0 Å². The SMILES string of the molecule is CCOC(=O)N1C[C@@H]2c3cccc(Cl)c3CC[C@]2(C)C1. The van der Waals surface area contributed by atoms with E-state index < -0.39 is 0 Å². The van der Waals surface area contributed by atoms with Crippen LogP contribution >= 0.6 is 11.6 Å². The van der Waals surface area contributed by atoms with Crippen LogP contribution in [0, 0.1) is 5.41 Å². The Balaban J connectivity index is 1.92. The molecule has 1 aliphatic heterocycles. The lowest BCUT2D eigenvalue weighted by atomic mass is 9.67. The summed E-state index contributed by atoms with van der Waals surface area (Å²) in [5.74, 6) is 0.370. The number of rotatable bonds is 1. The van der Waals surface area contributed by atoms with Gasteiger partial charge in [-0.25, -0.2) is 4.79 Å². The van der Waals surface area contributed by atoms with Crippen LogP contribution in [-0.4, -0.2) is 30.7 Å². The van der Waals surface area contributed by atoms with Crippen LogP contribution < -0.4 is 0 Å². The maximum Gasteiger partial charge on any atom is 0.409 e. The summed E-state index contributed by atoms with van der Waals surface area (Å²) < 4.78 is 5.15. The van der Waals surface area contributed by atoms with E-state index in [0.29, 0.717) is 12.5 Å². The average molecular weight is 294 g/mol. The van der Waals surface area contributed by atoms with Crippen molar-refractivity contribution in [2.24, 2.45) is 5.41 Å². The van der Waals surface area contributed by atoms with E-state index >= 15 is 0 Å². The number of carbonyl (C=O) groups excluding carboxylic acids is 1. The lowest BCUT2D eigenvalue weighted by Crippen LogP contribution is -2.32. The van der Waals surface area contributed by atoms with Gasteiger partial charge in [0.2, 0.25) is 0 Å². The third-order valence-corrected chi connectivity index (χ3v) is 5.15. The fraction of sp³-hybridized carbons (Fsp3) is 0.562. The molecule has 0 bridgehead atoms. The molecule has 1 fully saturated rings. The lowest BCUT2D eigenvalue weighted by molar-refractivity contribution is 0.111. The molecule has 108 valence electrons. The van der Waals surface area contributed by atoms with Crippen LogP contribution in [0.1, 0.15) is 37.3 Å². The second kappa shape index (κ2) is 4.96. The van der Waals surface area contributed by atoms with Gasteiger partial charge in [0.1, 0.15) is 0 Å². The van der Waals surface area contributed by atoms with Gasteiger partial charge in [-0.2, -0.15) is 0 Å². The van der Waals surface area contributed by atoms with E-state index in [1.54, 1.807) is 0 Å². The van der Waals surface area contributed by atoms with Crippen molar-refractivity contribution in [3.63, 3.8) is 0 Å². The molecular formula is C16H20ClNO2. The quantitative estimate of drug-likeness (QED) is 0.787. The van der Waals surface area contributed by atoms with Crippen molar-refractivity contribution >= 4 is 17.7 Å². The number of halogens is 1. The highest BCUT2D eigenvalue weighted by Gasteiger charge is 2.48. The van der Waals surface area contributed by atoms with Gasteiger partial charge in [-0.3, -0.25) is 0 Å². The van der Waals surface area contributed by atoms with E-state index in [4.69, 9.17) is 16.3 Å². The van der Waals surface area contributed by atoms with Crippen LogP contribution in [-0.2, 0) is 11.2 Å². The minimum Gasteiger partial charge on any atom is -0.450 e. The third kappa shape index (κ3) is 2.08. The van der Waals surface area contributed by atoms with Gasteiger partial charge in [-0.05, 0) is 42.4 Å². The zero-order valence-electron chi connectivity index (χ0n) is 12.0. The molecule has 2 aliphatic rings. The fourth-order valence-corrected chi connectivity index (χ4v) is 3.98. The molecule has 0 spiro atoms. The van der Waals surface area contributed by atoms with Gasteiger partial charge in [0.05, 0.1) is 6.61 Å². The number of amides is 1. The first-order valence-corrected chi connectivity index (χ1v) is 7.62. The maximum absolute atomic E-state index is 12.0. The fourth-order valence-electron chi connectivity index (χ4n) is 3.71. The van der Waals surface area contributed by atoms with Crippen molar-refractivity contribution in [2.75, 3.05) is 19.7 Å². The van der Waals surface area contributed by atoms with E-state index in [2.05, 4.69) is 13.0 Å². The molecule has 3 nitrogen and oxygen atoms in total. The van der Waals surface area contributed by atoms with Crippen LogP contribution in [0.15, 0.2) is 18.2 Å². The molecular weight excluding hydrogens is 274 g/mol. The number of hydrogen-bond acceptors (Lipinski definition) is 2. The Morgan fingerprint density at radius 3 is 3.10 bits per heavy atom. The van der Waals surface area contributed by atoms with Gasteiger partial charge in [-0.1, -0.05) is 30.7 Å².